The Bertz CT molecular complexity index is 1250. The van der Waals surface area contributed by atoms with E-state index in [1.165, 1.54) is 68.1 Å². The summed E-state index contributed by atoms with van der Waals surface area (Å²) in [6.07, 6.45) is 6.95. The van der Waals surface area contributed by atoms with E-state index in [0.717, 1.165) is 6.42 Å². The SMILES string of the molecule is CCC1=[C-]C(C)C=C1C(C)(C)C.Cc1ccc([CH]=[Zr+2])cc1.[Cl-].[Cl-].c1ccc2c(c1)[cH-]c1ccccc12. The summed E-state index contributed by atoms with van der Waals surface area (Å²) < 4.78 is 2.19. The molecule has 1 aliphatic rings. The maximum atomic E-state index is 3.48. The van der Waals surface area contributed by atoms with Crippen LogP contribution in [0.25, 0.3) is 21.5 Å². The summed E-state index contributed by atoms with van der Waals surface area (Å²) in [7, 11) is 0. The molecule has 0 N–H and O–H groups in total. The topological polar surface area (TPSA) is 0 Å². The van der Waals surface area contributed by atoms with Gasteiger partial charge >= 0.3 is 70.3 Å². The third-order valence-electron chi connectivity index (χ3n) is 6.07. The van der Waals surface area contributed by atoms with Gasteiger partial charge in [-0.1, -0.05) is 88.8 Å². The molecule has 0 aromatic heterocycles. The Morgan fingerprint density at radius 2 is 1.36 bits per heavy atom. The van der Waals surface area contributed by atoms with E-state index in [1.807, 2.05) is 0 Å². The van der Waals surface area contributed by atoms with Crippen molar-refractivity contribution < 1.29 is 49.0 Å². The van der Waals surface area contributed by atoms with E-state index in [1.54, 1.807) is 0 Å². The van der Waals surface area contributed by atoms with Crippen LogP contribution in [0, 0.1) is 24.3 Å². The fourth-order valence-corrected chi connectivity index (χ4v) is 4.78. The van der Waals surface area contributed by atoms with Crippen LogP contribution in [0.4, 0.5) is 0 Å². The van der Waals surface area contributed by atoms with E-state index in [0.29, 0.717) is 11.3 Å². The van der Waals surface area contributed by atoms with Crippen LogP contribution in [0.15, 0.2) is 96.1 Å². The summed E-state index contributed by atoms with van der Waals surface area (Å²) in [6.45, 7) is 13.3. The van der Waals surface area contributed by atoms with Gasteiger partial charge < -0.3 is 24.8 Å². The number of aryl methyl sites for hydroxylation is 1. The first-order valence-corrected chi connectivity index (χ1v) is 13.6. The van der Waals surface area contributed by atoms with Gasteiger partial charge in [0.2, 0.25) is 0 Å². The number of hydrogen-bond donors (Lipinski definition) is 0. The van der Waals surface area contributed by atoms with Gasteiger partial charge in [0.05, 0.1) is 0 Å². The van der Waals surface area contributed by atoms with Gasteiger partial charge in [-0.25, -0.2) is 5.57 Å². The third kappa shape index (κ3) is 8.73. The average molecular weight is 595 g/mol. The largest absolute Gasteiger partial charge is 1.00 e. The van der Waals surface area contributed by atoms with Crippen molar-refractivity contribution in [2.45, 2.75) is 48.0 Å². The third-order valence-corrected chi connectivity index (χ3v) is 6.89. The number of benzene rings is 3. The summed E-state index contributed by atoms with van der Waals surface area (Å²) in [4.78, 5) is 0. The molecule has 0 heterocycles. The first-order chi connectivity index (χ1) is 16.2. The molecule has 0 amide bonds. The summed E-state index contributed by atoms with van der Waals surface area (Å²) in [5.74, 6) is 0.522. The quantitative estimate of drug-likeness (QED) is 0.313. The molecule has 0 nitrogen and oxygen atoms in total. The number of halogens is 2. The maximum Gasteiger partial charge on any atom is -0.0771 e. The molecular formula is C33H36Cl2Zr-2. The molecule has 0 saturated heterocycles. The molecule has 0 radical (unpaired) electrons. The zero-order chi connectivity index (χ0) is 24.7. The van der Waals surface area contributed by atoms with Gasteiger partial charge in [-0.3, -0.25) is 6.08 Å². The molecular weight excluding hydrogens is 558 g/mol. The van der Waals surface area contributed by atoms with Gasteiger partial charge in [-0.2, -0.15) is 11.6 Å². The summed E-state index contributed by atoms with van der Waals surface area (Å²) in [5.41, 5.74) is 5.88. The van der Waals surface area contributed by atoms with Crippen LogP contribution in [-0.2, 0) is 24.2 Å². The van der Waals surface area contributed by atoms with E-state index < -0.39 is 0 Å². The minimum atomic E-state index is 0. The van der Waals surface area contributed by atoms with Crippen LogP contribution in [0.3, 0.4) is 0 Å². The molecule has 0 saturated carbocycles. The molecule has 1 atom stereocenters. The van der Waals surface area contributed by atoms with E-state index in [4.69, 9.17) is 0 Å². The molecule has 0 spiro atoms. The van der Waals surface area contributed by atoms with Crippen molar-refractivity contribution in [2.75, 3.05) is 0 Å². The molecule has 0 aliphatic heterocycles. The second-order valence-electron chi connectivity index (χ2n) is 9.97. The predicted octanol–water partition coefficient (Wildman–Crippen LogP) is 3.16. The van der Waals surface area contributed by atoms with Crippen molar-refractivity contribution in [3.05, 3.63) is 113 Å². The van der Waals surface area contributed by atoms with Gasteiger partial charge in [0.1, 0.15) is 0 Å². The standard InChI is InChI=1S/C13H9.C12H19.C8H8.2ClH.Zr/c1-3-7-12-10(5-1)9-11-6-2-4-8-13(11)12;1-6-10-7-9(2)8-11(10)12(3,4)5;1-7-3-5-8(2)6-4-7;;;/h1-9H;8-9H,6H2,1-5H3;1,3-6H,2H3;2*1H;/q2*-1;;;;+2/p-2. The van der Waals surface area contributed by atoms with Gasteiger partial charge in [-0.05, 0) is 0 Å². The minimum Gasteiger partial charge on any atom is -1.00 e. The zero-order valence-corrected chi connectivity index (χ0v) is 26.2. The van der Waals surface area contributed by atoms with Crippen LogP contribution < -0.4 is 24.8 Å². The van der Waals surface area contributed by atoms with Gasteiger partial charge in [-0.15, -0.1) is 39.7 Å². The van der Waals surface area contributed by atoms with Crippen molar-refractivity contribution >= 4 is 25.3 Å². The molecule has 3 heteroatoms. The van der Waals surface area contributed by atoms with Crippen LogP contribution in [0.5, 0.6) is 0 Å². The molecule has 5 rings (SSSR count). The van der Waals surface area contributed by atoms with Crippen molar-refractivity contribution in [1.29, 1.82) is 0 Å². The fraction of sp³-hybridized carbons (Fsp3) is 0.273. The normalized spacial score (nSPS) is 14.3. The van der Waals surface area contributed by atoms with Crippen LogP contribution in [0.1, 0.15) is 52.2 Å². The monoisotopic (exact) mass is 592 g/mol. The summed E-state index contributed by atoms with van der Waals surface area (Å²) in [6, 6.07) is 27.8. The van der Waals surface area contributed by atoms with Crippen molar-refractivity contribution in [1.82, 2.24) is 0 Å². The van der Waals surface area contributed by atoms with E-state index >= 15 is 0 Å². The number of rotatable bonds is 2. The fourth-order valence-electron chi connectivity index (χ4n) is 4.31. The van der Waals surface area contributed by atoms with Crippen LogP contribution in [-0.4, -0.2) is 3.71 Å². The maximum absolute atomic E-state index is 3.48. The Hall–Kier alpha value is -1.66. The van der Waals surface area contributed by atoms with Gasteiger partial charge in [0.15, 0.2) is 0 Å². The molecule has 1 unspecified atom stereocenters. The van der Waals surface area contributed by atoms with Crippen LogP contribution >= 0.6 is 0 Å². The first kappa shape index (κ1) is 32.4. The van der Waals surface area contributed by atoms with Crippen molar-refractivity contribution in [3.8, 4) is 0 Å². The zero-order valence-electron chi connectivity index (χ0n) is 22.2. The number of allylic oxidation sites excluding steroid dienone is 4. The Morgan fingerprint density at radius 3 is 1.78 bits per heavy atom. The Balaban J connectivity index is 0.000000267. The molecule has 1 aliphatic carbocycles. The molecule has 0 bridgehead atoms. The smallest absolute Gasteiger partial charge is 0.0771 e. The first-order valence-electron chi connectivity index (χ1n) is 12.2. The summed E-state index contributed by atoms with van der Waals surface area (Å²) in [5, 5.41) is 5.39. The van der Waals surface area contributed by atoms with Crippen LogP contribution in [0.2, 0.25) is 0 Å². The van der Waals surface area contributed by atoms with E-state index in [9.17, 15) is 0 Å². The Morgan fingerprint density at radius 1 is 0.861 bits per heavy atom. The molecule has 36 heavy (non-hydrogen) atoms. The Kier molecular flexibility index (Phi) is 13.4. The minimum absolute atomic E-state index is 0. The van der Waals surface area contributed by atoms with Crippen molar-refractivity contribution in [2.24, 2.45) is 11.3 Å². The average Bonchev–Trinajstić information content (AvgIpc) is 3.41. The second kappa shape index (κ2) is 14.9. The van der Waals surface area contributed by atoms with E-state index in [2.05, 4.69) is 136 Å². The summed E-state index contributed by atoms with van der Waals surface area (Å²) >= 11 is 1.47. The van der Waals surface area contributed by atoms with Gasteiger partial charge in [0, 0.05) is 0 Å². The predicted molar refractivity (Wildman–Crippen MR) is 147 cm³/mol. The number of hydrogen-bond acceptors (Lipinski definition) is 0. The Labute approximate surface area is 245 Å². The molecule has 4 aromatic rings. The molecule has 188 valence electrons. The van der Waals surface area contributed by atoms with Crippen molar-refractivity contribution in [3.63, 3.8) is 0 Å². The molecule has 4 aromatic carbocycles. The number of fused-ring (bicyclic) bond motifs is 3. The second-order valence-corrected chi connectivity index (χ2v) is 10.7. The van der Waals surface area contributed by atoms with Gasteiger partial charge in [0.25, 0.3) is 0 Å². The molecule has 0 fully saturated rings. The van der Waals surface area contributed by atoms with E-state index in [-0.39, 0.29) is 24.8 Å².